The highest BCUT2D eigenvalue weighted by Gasteiger charge is 2.50. The van der Waals surface area contributed by atoms with Crippen LogP contribution >= 0.6 is 11.6 Å². The Bertz CT molecular complexity index is 1170. The zero-order valence-corrected chi connectivity index (χ0v) is 19.2. The van der Waals surface area contributed by atoms with Crippen molar-refractivity contribution in [1.82, 2.24) is 15.2 Å². The number of carbonyl (C=O) groups is 2. The highest BCUT2D eigenvalue weighted by Crippen LogP contribution is 2.36. The summed E-state index contributed by atoms with van der Waals surface area (Å²) in [6, 6.07) is 17.5. The first-order chi connectivity index (χ1) is 16.0. The fraction of sp³-hybridized carbons (Fsp3) is 0.346. The molecule has 33 heavy (non-hydrogen) atoms. The van der Waals surface area contributed by atoms with Gasteiger partial charge in [-0.25, -0.2) is 0 Å². The summed E-state index contributed by atoms with van der Waals surface area (Å²) < 4.78 is 0. The van der Waals surface area contributed by atoms with Crippen LogP contribution in [0.15, 0.2) is 60.8 Å². The third kappa shape index (κ3) is 4.33. The molecule has 7 heteroatoms. The number of hydrogen-bond acceptors (Lipinski definition) is 5. The lowest BCUT2D eigenvalue weighted by Crippen LogP contribution is -2.56. The summed E-state index contributed by atoms with van der Waals surface area (Å²) in [6.45, 7) is 3.05. The third-order valence-electron chi connectivity index (χ3n) is 6.95. The minimum absolute atomic E-state index is 0.107. The van der Waals surface area contributed by atoms with Crippen LogP contribution in [0, 0.1) is 0 Å². The van der Waals surface area contributed by atoms with Crippen molar-refractivity contribution < 1.29 is 9.59 Å². The highest BCUT2D eigenvalue weighted by atomic mass is 35.5. The van der Waals surface area contributed by atoms with E-state index in [1.54, 1.807) is 6.20 Å². The van der Waals surface area contributed by atoms with Crippen LogP contribution in [0.25, 0.3) is 10.9 Å². The first-order valence-electron chi connectivity index (χ1n) is 11.5. The van der Waals surface area contributed by atoms with Crippen molar-refractivity contribution >= 4 is 39.9 Å². The molecule has 1 amide bonds. The van der Waals surface area contributed by atoms with Crippen LogP contribution in [0.5, 0.6) is 0 Å². The summed E-state index contributed by atoms with van der Waals surface area (Å²) in [5.74, 6) is 0.238. The summed E-state index contributed by atoms with van der Waals surface area (Å²) in [7, 11) is 0. The summed E-state index contributed by atoms with van der Waals surface area (Å²) in [4.78, 5) is 34.4. The SMILES string of the molecule is O=C(CCCN1CCC2(CC1)C(=O)NCN2c1ccc(Cl)cc1)c1cnc2ccccc2c1. The Labute approximate surface area is 198 Å². The number of hydrogen-bond donors (Lipinski definition) is 1. The van der Waals surface area contributed by atoms with Crippen LogP contribution in [0.1, 0.15) is 36.0 Å². The number of fused-ring (bicyclic) bond motifs is 1. The zero-order valence-electron chi connectivity index (χ0n) is 18.5. The van der Waals surface area contributed by atoms with Crippen molar-refractivity contribution in [1.29, 1.82) is 0 Å². The van der Waals surface area contributed by atoms with Crippen LogP contribution < -0.4 is 10.2 Å². The molecule has 0 saturated carbocycles. The van der Waals surface area contributed by atoms with Gasteiger partial charge < -0.3 is 15.1 Å². The van der Waals surface area contributed by atoms with Gasteiger partial charge in [0.15, 0.2) is 5.78 Å². The number of amides is 1. The number of piperidine rings is 1. The Morgan fingerprint density at radius 1 is 1.09 bits per heavy atom. The Morgan fingerprint density at radius 3 is 2.64 bits per heavy atom. The van der Waals surface area contributed by atoms with E-state index in [0.717, 1.165) is 55.5 Å². The second-order valence-corrected chi connectivity index (χ2v) is 9.32. The van der Waals surface area contributed by atoms with Gasteiger partial charge in [0, 0.05) is 47.4 Å². The van der Waals surface area contributed by atoms with Gasteiger partial charge in [-0.2, -0.15) is 0 Å². The molecule has 1 N–H and O–H groups in total. The maximum absolute atomic E-state index is 12.8. The van der Waals surface area contributed by atoms with E-state index >= 15 is 0 Å². The van der Waals surface area contributed by atoms with E-state index in [1.165, 1.54) is 0 Å². The van der Waals surface area contributed by atoms with E-state index in [-0.39, 0.29) is 11.7 Å². The second kappa shape index (κ2) is 9.12. The summed E-state index contributed by atoms with van der Waals surface area (Å²) in [5.41, 5.74) is 2.09. The molecule has 2 aliphatic rings. The van der Waals surface area contributed by atoms with Gasteiger partial charge in [0.1, 0.15) is 5.54 Å². The topological polar surface area (TPSA) is 65.5 Å². The standard InChI is InChI=1S/C26H27ClN4O2/c27-21-7-9-22(10-8-21)31-18-29-25(33)26(31)11-14-30(15-12-26)13-3-6-24(32)20-16-19-4-1-2-5-23(19)28-17-20/h1-2,4-5,7-10,16-17H,3,6,11-15,18H2,(H,29,33). The monoisotopic (exact) mass is 462 g/mol. The molecule has 1 spiro atoms. The largest absolute Gasteiger partial charge is 0.339 e. The molecule has 0 atom stereocenters. The number of carbonyl (C=O) groups excluding carboxylic acids is 2. The maximum Gasteiger partial charge on any atom is 0.247 e. The van der Waals surface area contributed by atoms with Gasteiger partial charge in [-0.3, -0.25) is 14.6 Å². The Morgan fingerprint density at radius 2 is 1.85 bits per heavy atom. The molecule has 3 aromatic rings. The Kier molecular flexibility index (Phi) is 6.04. The van der Waals surface area contributed by atoms with Crippen LogP contribution in [0.4, 0.5) is 5.69 Å². The van der Waals surface area contributed by atoms with Gasteiger partial charge in [0.05, 0.1) is 12.2 Å². The van der Waals surface area contributed by atoms with Gasteiger partial charge in [0.25, 0.3) is 0 Å². The Balaban J connectivity index is 1.16. The van der Waals surface area contributed by atoms with Gasteiger partial charge in [0.2, 0.25) is 5.91 Å². The van der Waals surface area contributed by atoms with E-state index in [9.17, 15) is 9.59 Å². The fourth-order valence-corrected chi connectivity index (χ4v) is 5.15. The fourth-order valence-electron chi connectivity index (χ4n) is 5.02. The van der Waals surface area contributed by atoms with Crippen molar-refractivity contribution in [2.45, 2.75) is 31.2 Å². The minimum atomic E-state index is -0.503. The van der Waals surface area contributed by atoms with Crippen molar-refractivity contribution in [3.63, 3.8) is 0 Å². The van der Waals surface area contributed by atoms with Crippen LogP contribution in [-0.2, 0) is 4.79 Å². The molecule has 6 nitrogen and oxygen atoms in total. The van der Waals surface area contributed by atoms with Crippen molar-refractivity contribution in [2.24, 2.45) is 0 Å². The second-order valence-electron chi connectivity index (χ2n) is 8.89. The number of anilines is 1. The quantitative estimate of drug-likeness (QED) is 0.554. The van der Waals surface area contributed by atoms with E-state index in [1.807, 2.05) is 54.6 Å². The summed E-state index contributed by atoms with van der Waals surface area (Å²) >= 11 is 6.04. The number of likely N-dealkylation sites (tertiary alicyclic amines) is 1. The number of nitrogens with one attached hydrogen (secondary N) is 1. The average molecular weight is 463 g/mol. The summed E-state index contributed by atoms with van der Waals surface area (Å²) in [6.07, 6.45) is 4.51. The Hall–Kier alpha value is -2.96. The number of aromatic nitrogens is 1. The first kappa shape index (κ1) is 21.9. The number of nitrogens with zero attached hydrogens (tertiary/aromatic N) is 3. The lowest BCUT2D eigenvalue weighted by Gasteiger charge is -2.43. The van der Waals surface area contributed by atoms with Crippen LogP contribution in [0.2, 0.25) is 5.02 Å². The molecule has 2 aliphatic heterocycles. The number of benzene rings is 2. The zero-order chi connectivity index (χ0) is 22.8. The van der Waals surface area contributed by atoms with E-state index < -0.39 is 5.54 Å². The molecule has 2 aromatic carbocycles. The molecule has 0 radical (unpaired) electrons. The molecular formula is C26H27ClN4O2. The highest BCUT2D eigenvalue weighted by molar-refractivity contribution is 6.30. The number of rotatable bonds is 6. The molecule has 2 saturated heterocycles. The summed E-state index contributed by atoms with van der Waals surface area (Å²) in [5, 5.41) is 4.71. The molecule has 3 heterocycles. The smallest absolute Gasteiger partial charge is 0.247 e. The number of ketones is 1. The molecule has 0 aliphatic carbocycles. The van der Waals surface area contributed by atoms with E-state index in [2.05, 4.69) is 20.1 Å². The number of pyridine rings is 1. The predicted octanol–water partition coefficient (Wildman–Crippen LogP) is 4.28. The normalized spacial score (nSPS) is 18.1. The average Bonchev–Trinajstić information content (AvgIpc) is 3.16. The van der Waals surface area contributed by atoms with Crippen molar-refractivity contribution in [3.05, 3.63) is 71.4 Å². The minimum Gasteiger partial charge on any atom is -0.339 e. The number of Topliss-reactive ketones (excluding diaryl/α,β-unsaturated/α-hetero) is 1. The predicted molar refractivity (Wildman–Crippen MR) is 131 cm³/mol. The van der Waals surface area contributed by atoms with Gasteiger partial charge >= 0.3 is 0 Å². The van der Waals surface area contributed by atoms with Gasteiger partial charge in [-0.05, 0) is 62.2 Å². The molecule has 2 fully saturated rings. The maximum atomic E-state index is 12.8. The number of para-hydroxylation sites is 1. The molecule has 170 valence electrons. The van der Waals surface area contributed by atoms with Gasteiger partial charge in [-0.15, -0.1) is 0 Å². The number of halogens is 1. The first-order valence-corrected chi connectivity index (χ1v) is 11.8. The van der Waals surface area contributed by atoms with Gasteiger partial charge in [-0.1, -0.05) is 29.8 Å². The van der Waals surface area contributed by atoms with Crippen molar-refractivity contribution in [2.75, 3.05) is 31.2 Å². The molecular weight excluding hydrogens is 436 g/mol. The third-order valence-corrected chi connectivity index (χ3v) is 7.20. The molecule has 0 unspecified atom stereocenters. The van der Waals surface area contributed by atoms with E-state index in [0.29, 0.717) is 23.7 Å². The molecule has 1 aromatic heterocycles. The van der Waals surface area contributed by atoms with Crippen LogP contribution in [0.3, 0.4) is 0 Å². The lowest BCUT2D eigenvalue weighted by molar-refractivity contribution is -0.125. The molecule has 0 bridgehead atoms. The van der Waals surface area contributed by atoms with E-state index in [4.69, 9.17) is 11.6 Å². The van der Waals surface area contributed by atoms with Crippen LogP contribution in [-0.4, -0.2) is 53.4 Å². The lowest BCUT2D eigenvalue weighted by atomic mass is 9.85. The molecule has 5 rings (SSSR count). The van der Waals surface area contributed by atoms with Crippen molar-refractivity contribution in [3.8, 4) is 0 Å².